The Balaban J connectivity index is 1.61. The van der Waals surface area contributed by atoms with Crippen LogP contribution in [-0.2, 0) is 10.0 Å². The minimum absolute atomic E-state index is 0.0106. The van der Waals surface area contributed by atoms with E-state index in [1.54, 1.807) is 30.5 Å². The van der Waals surface area contributed by atoms with Crippen molar-refractivity contribution < 1.29 is 13.2 Å². The molecule has 0 spiro atoms. The van der Waals surface area contributed by atoms with Gasteiger partial charge in [-0.2, -0.15) is 10.5 Å². The molecule has 0 saturated heterocycles. The van der Waals surface area contributed by atoms with Crippen LogP contribution in [0.15, 0.2) is 54.7 Å². The van der Waals surface area contributed by atoms with Gasteiger partial charge in [0.25, 0.3) is 0 Å². The number of ether oxygens (including phenoxy) is 1. The Bertz CT molecular complexity index is 1760. The van der Waals surface area contributed by atoms with Gasteiger partial charge in [-0.1, -0.05) is 19.9 Å². The van der Waals surface area contributed by atoms with Crippen LogP contribution in [0.4, 0.5) is 5.69 Å². The molecule has 198 valence electrons. The molecule has 0 aliphatic heterocycles. The van der Waals surface area contributed by atoms with E-state index in [2.05, 4.69) is 26.4 Å². The third kappa shape index (κ3) is 5.19. The van der Waals surface area contributed by atoms with E-state index in [1.807, 2.05) is 45.0 Å². The van der Waals surface area contributed by atoms with Crippen molar-refractivity contribution in [2.45, 2.75) is 46.1 Å². The first kappa shape index (κ1) is 26.3. The fourth-order valence-corrected chi connectivity index (χ4v) is 6.54. The summed E-state index contributed by atoms with van der Waals surface area (Å²) >= 11 is 0. The Labute approximate surface area is 228 Å². The number of nitrogens with one attached hydrogen (secondary N) is 1. The van der Waals surface area contributed by atoms with E-state index in [1.165, 1.54) is 0 Å². The molecule has 1 fully saturated rings. The summed E-state index contributed by atoms with van der Waals surface area (Å²) < 4.78 is 36.0. The summed E-state index contributed by atoms with van der Waals surface area (Å²) in [5.41, 5.74) is 4.73. The minimum Gasteiger partial charge on any atom is -0.438 e. The molecule has 1 N–H and O–H groups in total. The Morgan fingerprint density at radius 1 is 1.13 bits per heavy atom. The largest absolute Gasteiger partial charge is 0.438 e. The highest BCUT2D eigenvalue weighted by Gasteiger charge is 2.28. The van der Waals surface area contributed by atoms with Crippen LogP contribution in [0.3, 0.4) is 0 Å². The summed E-state index contributed by atoms with van der Waals surface area (Å²) in [5, 5.41) is 20.5. The Kier molecular flexibility index (Phi) is 7.03. The molecule has 0 bridgehead atoms. The number of anilines is 1. The molecule has 0 unspecified atom stereocenters. The van der Waals surface area contributed by atoms with Gasteiger partial charge in [0.05, 0.1) is 28.2 Å². The molecule has 0 amide bonds. The summed E-state index contributed by atoms with van der Waals surface area (Å²) in [4.78, 5) is 4.20. The van der Waals surface area contributed by atoms with E-state index in [0.717, 1.165) is 47.0 Å². The highest BCUT2D eigenvalue weighted by molar-refractivity contribution is 7.92. The van der Waals surface area contributed by atoms with Crippen LogP contribution in [0, 0.1) is 35.5 Å². The van der Waals surface area contributed by atoms with Crippen molar-refractivity contribution in [2.24, 2.45) is 5.92 Å². The van der Waals surface area contributed by atoms with Crippen molar-refractivity contribution >= 4 is 26.6 Å². The van der Waals surface area contributed by atoms with Crippen LogP contribution >= 0.6 is 0 Å². The van der Waals surface area contributed by atoms with Crippen molar-refractivity contribution in [3.05, 3.63) is 71.4 Å². The van der Waals surface area contributed by atoms with Crippen molar-refractivity contribution in [3.8, 4) is 35.0 Å². The fourth-order valence-electron chi connectivity index (χ4n) is 5.02. The summed E-state index contributed by atoms with van der Waals surface area (Å²) in [7, 11) is -3.47. The molecular weight excluding hydrogens is 510 g/mol. The fraction of sp³-hybridized carbons (Fsp3) is 0.300. The number of benzene rings is 2. The minimum atomic E-state index is -3.47. The van der Waals surface area contributed by atoms with E-state index >= 15 is 0 Å². The lowest BCUT2D eigenvalue weighted by molar-refractivity contribution is 0.324. The first-order valence-corrected chi connectivity index (χ1v) is 14.6. The third-order valence-corrected chi connectivity index (χ3v) is 8.59. The number of hydrogen-bond donors (Lipinski definition) is 1. The van der Waals surface area contributed by atoms with Crippen LogP contribution in [0.2, 0.25) is 0 Å². The van der Waals surface area contributed by atoms with Crippen LogP contribution in [-0.4, -0.2) is 23.7 Å². The Morgan fingerprint density at radius 3 is 2.56 bits per heavy atom. The van der Waals surface area contributed by atoms with Gasteiger partial charge in [0.1, 0.15) is 23.5 Å². The van der Waals surface area contributed by atoms with E-state index in [-0.39, 0.29) is 23.6 Å². The van der Waals surface area contributed by atoms with Gasteiger partial charge < -0.3 is 9.30 Å². The molecule has 9 heteroatoms. The number of aryl methyl sites for hydroxylation is 1. The molecule has 8 nitrogen and oxygen atoms in total. The molecule has 2 heterocycles. The summed E-state index contributed by atoms with van der Waals surface area (Å²) in [6, 6.07) is 19.2. The van der Waals surface area contributed by atoms with Crippen LogP contribution in [0.1, 0.15) is 55.8 Å². The number of rotatable bonds is 8. The second kappa shape index (κ2) is 10.4. The summed E-state index contributed by atoms with van der Waals surface area (Å²) in [6.45, 7) is 5.60. The Morgan fingerprint density at radius 2 is 1.92 bits per heavy atom. The maximum atomic E-state index is 12.5. The zero-order valence-electron chi connectivity index (χ0n) is 22.1. The average molecular weight is 540 g/mol. The monoisotopic (exact) mass is 539 g/mol. The lowest BCUT2D eigenvalue weighted by atomic mass is 9.92. The van der Waals surface area contributed by atoms with Gasteiger partial charge in [0.2, 0.25) is 15.9 Å². The van der Waals surface area contributed by atoms with E-state index in [9.17, 15) is 18.9 Å². The van der Waals surface area contributed by atoms with E-state index < -0.39 is 10.0 Å². The van der Waals surface area contributed by atoms with Gasteiger partial charge in [0, 0.05) is 23.7 Å². The SMILES string of the molecule is Cc1cc(-c2c(C#N)c3ccc(Oc4ncccc4C#N)cc3n2C2CCC2)ccc1NS(=O)(=O)CC(C)C. The maximum absolute atomic E-state index is 12.5. The predicted molar refractivity (Wildman–Crippen MR) is 151 cm³/mol. The number of fused-ring (bicyclic) bond motifs is 1. The van der Waals surface area contributed by atoms with Gasteiger partial charge in [-0.25, -0.2) is 13.4 Å². The quantitative estimate of drug-likeness (QED) is 0.267. The van der Waals surface area contributed by atoms with Gasteiger partial charge in [0.15, 0.2) is 0 Å². The zero-order chi connectivity index (χ0) is 27.7. The Hall–Kier alpha value is -4.34. The third-order valence-electron chi connectivity index (χ3n) is 6.95. The molecular formula is C30H29N5O3S. The average Bonchev–Trinajstić information content (AvgIpc) is 3.17. The number of hydrogen-bond acceptors (Lipinski definition) is 6. The molecule has 2 aromatic carbocycles. The van der Waals surface area contributed by atoms with Crippen molar-refractivity contribution in [1.29, 1.82) is 10.5 Å². The lowest BCUT2D eigenvalue weighted by Crippen LogP contribution is -2.20. The number of aromatic nitrogens is 2. The number of sulfonamides is 1. The van der Waals surface area contributed by atoms with E-state index in [4.69, 9.17) is 4.74 Å². The van der Waals surface area contributed by atoms with Crippen molar-refractivity contribution in [3.63, 3.8) is 0 Å². The standard InChI is InChI=1S/C30H29N5O3S/c1-19(2)18-39(36,37)34-27-12-9-21(14-20(27)3)29-26(17-32)25-11-10-24(15-28(25)35(29)23-7-4-8-23)38-30-22(16-31)6-5-13-33-30/h5-6,9-15,19,23,34H,4,7-8,18H2,1-3H3. The molecule has 4 aromatic rings. The van der Waals surface area contributed by atoms with E-state index in [0.29, 0.717) is 22.6 Å². The normalized spacial score (nSPS) is 13.6. The lowest BCUT2D eigenvalue weighted by Gasteiger charge is -2.30. The van der Waals surface area contributed by atoms with Gasteiger partial charge in [-0.15, -0.1) is 0 Å². The second-order valence-electron chi connectivity index (χ2n) is 10.3. The highest BCUT2D eigenvalue weighted by Crippen LogP contribution is 2.44. The molecule has 0 atom stereocenters. The second-order valence-corrected chi connectivity index (χ2v) is 12.1. The first-order valence-electron chi connectivity index (χ1n) is 12.9. The van der Waals surface area contributed by atoms with Crippen molar-refractivity contribution in [1.82, 2.24) is 9.55 Å². The zero-order valence-corrected chi connectivity index (χ0v) is 22.9. The van der Waals surface area contributed by atoms with Crippen LogP contribution < -0.4 is 9.46 Å². The van der Waals surface area contributed by atoms with Crippen LogP contribution in [0.25, 0.3) is 22.2 Å². The summed E-state index contributed by atoms with van der Waals surface area (Å²) in [5.74, 6) is 0.809. The van der Waals surface area contributed by atoms with Gasteiger partial charge in [-0.3, -0.25) is 4.72 Å². The topological polar surface area (TPSA) is 121 Å². The molecule has 0 radical (unpaired) electrons. The van der Waals surface area contributed by atoms with Gasteiger partial charge in [-0.05, 0) is 79.6 Å². The van der Waals surface area contributed by atoms with Crippen molar-refractivity contribution in [2.75, 3.05) is 10.5 Å². The molecule has 5 rings (SSSR count). The van der Waals surface area contributed by atoms with Crippen LogP contribution in [0.5, 0.6) is 11.6 Å². The molecule has 1 aliphatic rings. The molecule has 1 aliphatic carbocycles. The smallest absolute Gasteiger partial charge is 0.237 e. The highest BCUT2D eigenvalue weighted by atomic mass is 32.2. The first-order chi connectivity index (χ1) is 18.7. The molecule has 2 aromatic heterocycles. The van der Waals surface area contributed by atoms with Gasteiger partial charge >= 0.3 is 0 Å². The number of nitrogens with zero attached hydrogens (tertiary/aromatic N) is 4. The maximum Gasteiger partial charge on any atom is 0.237 e. The summed E-state index contributed by atoms with van der Waals surface area (Å²) in [6.07, 6.45) is 4.68. The number of nitriles is 2. The predicted octanol–water partition coefficient (Wildman–Crippen LogP) is 6.67. The molecule has 39 heavy (non-hydrogen) atoms. The number of pyridine rings is 1. The molecule has 1 saturated carbocycles.